The van der Waals surface area contributed by atoms with E-state index in [4.69, 9.17) is 0 Å². The minimum Gasteiger partial charge on any atom is -0.311 e. The summed E-state index contributed by atoms with van der Waals surface area (Å²) < 4.78 is 0. The molecule has 0 aliphatic rings. The number of fused-ring (bicyclic) bond motifs is 1. The highest BCUT2D eigenvalue weighted by Crippen LogP contribution is 2.23. The molecule has 0 aliphatic carbocycles. The van der Waals surface area contributed by atoms with Gasteiger partial charge in [-0.25, -0.2) is 0 Å². The van der Waals surface area contributed by atoms with Crippen molar-refractivity contribution in [2.45, 2.75) is 13.5 Å². The summed E-state index contributed by atoms with van der Waals surface area (Å²) in [7, 11) is 0. The summed E-state index contributed by atoms with van der Waals surface area (Å²) in [5.41, 5.74) is 3.27. The second-order valence-corrected chi connectivity index (χ2v) is 4.62. The Balaban J connectivity index is 1.92. The van der Waals surface area contributed by atoms with Crippen LogP contribution in [0.5, 0.6) is 0 Å². The number of nitrogens with zero attached hydrogens (tertiary/aromatic N) is 1. The number of hydrogen-bond acceptors (Lipinski definition) is 2. The predicted molar refractivity (Wildman–Crippen MR) is 78.9 cm³/mol. The van der Waals surface area contributed by atoms with E-state index in [1.807, 2.05) is 0 Å². The van der Waals surface area contributed by atoms with Gasteiger partial charge in [-0.2, -0.15) is 5.10 Å². The van der Waals surface area contributed by atoms with Crippen molar-refractivity contribution in [2.75, 3.05) is 6.54 Å². The zero-order valence-corrected chi connectivity index (χ0v) is 11.0. The van der Waals surface area contributed by atoms with E-state index < -0.39 is 0 Å². The quantitative estimate of drug-likeness (QED) is 0.746. The number of aromatic amines is 1. The topological polar surface area (TPSA) is 40.7 Å². The Bertz CT molecular complexity index is 685. The molecule has 3 rings (SSSR count). The Labute approximate surface area is 112 Å². The molecule has 3 aromatic rings. The monoisotopic (exact) mass is 251 g/mol. The maximum atomic E-state index is 4.38. The second-order valence-electron chi connectivity index (χ2n) is 4.62. The van der Waals surface area contributed by atoms with E-state index in [1.54, 1.807) is 0 Å². The summed E-state index contributed by atoms with van der Waals surface area (Å²) in [5.74, 6) is 0. The van der Waals surface area contributed by atoms with Crippen LogP contribution in [0.1, 0.15) is 12.6 Å². The van der Waals surface area contributed by atoms with E-state index in [0.717, 1.165) is 30.0 Å². The Morgan fingerprint density at radius 2 is 1.89 bits per heavy atom. The van der Waals surface area contributed by atoms with E-state index in [1.165, 1.54) is 10.8 Å². The van der Waals surface area contributed by atoms with Gasteiger partial charge in [0.05, 0.1) is 5.69 Å². The molecular weight excluding hydrogens is 234 g/mol. The van der Waals surface area contributed by atoms with Crippen LogP contribution in [0.15, 0.2) is 48.5 Å². The molecule has 0 atom stereocenters. The maximum absolute atomic E-state index is 4.38. The number of hydrogen-bond donors (Lipinski definition) is 2. The third kappa shape index (κ3) is 2.51. The fraction of sp³-hybridized carbons (Fsp3) is 0.188. The standard InChI is InChI=1S/C16H17N3/c1-2-17-11-15-10-16(19-18-15)14-8-7-12-5-3-4-6-13(12)9-14/h3-10,17H,2,11H2,1H3,(H,18,19). The van der Waals surface area contributed by atoms with E-state index in [0.29, 0.717) is 0 Å². The lowest BCUT2D eigenvalue weighted by Gasteiger charge is -2.00. The molecule has 19 heavy (non-hydrogen) atoms. The summed E-state index contributed by atoms with van der Waals surface area (Å²) in [6.45, 7) is 3.89. The summed E-state index contributed by atoms with van der Waals surface area (Å²) in [6, 6.07) is 16.9. The number of benzene rings is 2. The van der Waals surface area contributed by atoms with E-state index in [9.17, 15) is 0 Å². The Kier molecular flexibility index (Phi) is 3.29. The summed E-state index contributed by atoms with van der Waals surface area (Å²) >= 11 is 0. The van der Waals surface area contributed by atoms with Crippen LogP contribution in [-0.2, 0) is 6.54 Å². The van der Waals surface area contributed by atoms with Gasteiger partial charge in [0.25, 0.3) is 0 Å². The van der Waals surface area contributed by atoms with Gasteiger partial charge in [-0.05, 0) is 29.4 Å². The fourth-order valence-corrected chi connectivity index (χ4v) is 2.21. The maximum Gasteiger partial charge on any atom is 0.0924 e. The van der Waals surface area contributed by atoms with Crippen molar-refractivity contribution >= 4 is 10.8 Å². The van der Waals surface area contributed by atoms with Crippen molar-refractivity contribution in [3.8, 4) is 11.3 Å². The lowest BCUT2D eigenvalue weighted by atomic mass is 10.1. The molecule has 0 saturated heterocycles. The molecule has 0 spiro atoms. The average molecular weight is 251 g/mol. The highest BCUT2D eigenvalue weighted by Gasteiger charge is 2.04. The SMILES string of the molecule is CCNCc1cc(-c2ccc3ccccc3c2)n[nH]1. The average Bonchev–Trinajstić information content (AvgIpc) is 2.93. The second kappa shape index (κ2) is 5.24. The molecule has 0 unspecified atom stereocenters. The molecule has 2 aromatic carbocycles. The molecule has 3 heteroatoms. The fourth-order valence-electron chi connectivity index (χ4n) is 2.21. The van der Waals surface area contributed by atoms with Gasteiger partial charge >= 0.3 is 0 Å². The van der Waals surface area contributed by atoms with Crippen LogP contribution in [0.3, 0.4) is 0 Å². The van der Waals surface area contributed by atoms with Gasteiger partial charge < -0.3 is 5.32 Å². The van der Waals surface area contributed by atoms with Gasteiger partial charge in [-0.3, -0.25) is 5.10 Å². The smallest absolute Gasteiger partial charge is 0.0924 e. The van der Waals surface area contributed by atoms with Crippen molar-refractivity contribution < 1.29 is 0 Å². The van der Waals surface area contributed by atoms with Crippen molar-refractivity contribution in [3.63, 3.8) is 0 Å². The van der Waals surface area contributed by atoms with E-state index >= 15 is 0 Å². The third-order valence-corrected chi connectivity index (χ3v) is 3.24. The van der Waals surface area contributed by atoms with Gasteiger partial charge in [-0.15, -0.1) is 0 Å². The number of nitrogens with one attached hydrogen (secondary N) is 2. The van der Waals surface area contributed by atoms with Crippen molar-refractivity contribution in [1.82, 2.24) is 15.5 Å². The molecule has 1 aromatic heterocycles. The zero-order chi connectivity index (χ0) is 13.1. The van der Waals surface area contributed by atoms with E-state index in [2.05, 4.69) is 71.0 Å². The number of aromatic nitrogens is 2. The van der Waals surface area contributed by atoms with Crippen LogP contribution in [-0.4, -0.2) is 16.7 Å². The molecule has 0 bridgehead atoms. The molecular formula is C16H17N3. The van der Waals surface area contributed by atoms with Gasteiger partial charge in [0.1, 0.15) is 0 Å². The van der Waals surface area contributed by atoms with Crippen molar-refractivity contribution in [3.05, 3.63) is 54.2 Å². The van der Waals surface area contributed by atoms with Gasteiger partial charge in [0, 0.05) is 17.8 Å². The van der Waals surface area contributed by atoms with Crippen LogP contribution >= 0.6 is 0 Å². The number of rotatable bonds is 4. The normalized spacial score (nSPS) is 11.0. The van der Waals surface area contributed by atoms with Gasteiger partial charge in [-0.1, -0.05) is 43.3 Å². The molecule has 3 nitrogen and oxygen atoms in total. The molecule has 96 valence electrons. The highest BCUT2D eigenvalue weighted by molar-refractivity contribution is 5.86. The molecule has 0 amide bonds. The first kappa shape index (κ1) is 11.9. The molecule has 0 fully saturated rings. The van der Waals surface area contributed by atoms with Crippen molar-refractivity contribution in [1.29, 1.82) is 0 Å². The van der Waals surface area contributed by atoms with Crippen molar-refractivity contribution in [2.24, 2.45) is 0 Å². The summed E-state index contributed by atoms with van der Waals surface area (Å²) in [4.78, 5) is 0. The summed E-state index contributed by atoms with van der Waals surface area (Å²) in [5, 5.41) is 13.2. The Morgan fingerprint density at radius 1 is 1.05 bits per heavy atom. The molecule has 0 saturated carbocycles. The van der Waals surface area contributed by atoms with Crippen LogP contribution in [0.2, 0.25) is 0 Å². The van der Waals surface area contributed by atoms with Gasteiger partial charge in [0.2, 0.25) is 0 Å². The minimum absolute atomic E-state index is 0.830. The minimum atomic E-state index is 0.830. The first-order valence-electron chi connectivity index (χ1n) is 6.61. The molecule has 1 heterocycles. The predicted octanol–water partition coefficient (Wildman–Crippen LogP) is 3.34. The lowest BCUT2D eigenvalue weighted by molar-refractivity contribution is 0.707. The van der Waals surface area contributed by atoms with Crippen LogP contribution < -0.4 is 5.32 Å². The Hall–Kier alpha value is -2.13. The highest BCUT2D eigenvalue weighted by atomic mass is 15.1. The molecule has 2 N–H and O–H groups in total. The van der Waals surface area contributed by atoms with Gasteiger partial charge in [0.15, 0.2) is 0 Å². The first-order valence-corrected chi connectivity index (χ1v) is 6.61. The third-order valence-electron chi connectivity index (χ3n) is 3.24. The van der Waals surface area contributed by atoms with E-state index in [-0.39, 0.29) is 0 Å². The van der Waals surface area contributed by atoms with Crippen LogP contribution in [0.25, 0.3) is 22.0 Å². The van der Waals surface area contributed by atoms with Crippen LogP contribution in [0.4, 0.5) is 0 Å². The molecule has 0 aliphatic heterocycles. The largest absolute Gasteiger partial charge is 0.311 e. The molecule has 0 radical (unpaired) electrons. The Morgan fingerprint density at radius 3 is 2.74 bits per heavy atom. The lowest BCUT2D eigenvalue weighted by Crippen LogP contribution is -2.11. The van der Waals surface area contributed by atoms with Crippen LogP contribution in [0, 0.1) is 0 Å². The summed E-state index contributed by atoms with van der Waals surface area (Å²) in [6.07, 6.45) is 0. The zero-order valence-electron chi connectivity index (χ0n) is 11.0. The first-order chi connectivity index (χ1) is 9.36. The number of H-pyrrole nitrogens is 1.